The monoisotopic (exact) mass is 293 g/mol. The molecule has 0 spiro atoms. The van der Waals surface area contributed by atoms with Crippen molar-refractivity contribution >= 4 is 17.6 Å². The van der Waals surface area contributed by atoms with E-state index in [0.717, 1.165) is 0 Å². The van der Waals surface area contributed by atoms with Gasteiger partial charge in [0.05, 0.1) is 12.3 Å². The molecule has 1 aromatic rings. The molecule has 1 aliphatic rings. The summed E-state index contributed by atoms with van der Waals surface area (Å²) in [6.07, 6.45) is 0.0817. The molecule has 2 unspecified atom stereocenters. The molecule has 0 bridgehead atoms. The van der Waals surface area contributed by atoms with Crippen LogP contribution >= 0.6 is 0 Å². The molecule has 2 atom stereocenters. The minimum atomic E-state index is -1.05. The molecule has 114 valence electrons. The molecule has 2 N–H and O–H groups in total. The molecule has 2 rings (SSSR count). The number of hydrogen-bond acceptors (Lipinski definition) is 4. The molecular weight excluding hydrogens is 274 g/mol. The predicted octanol–water partition coefficient (Wildman–Crippen LogP) is 1.55. The van der Waals surface area contributed by atoms with E-state index in [1.54, 1.807) is 25.1 Å². The summed E-state index contributed by atoms with van der Waals surface area (Å²) in [6, 6.07) is 4.02. The molecule has 21 heavy (non-hydrogen) atoms. The number of amides is 1. The SMILES string of the molecule is CCC1Oc2ccc(CO)cc2N(C(CC)C(=O)O)C1=O. The van der Waals surface area contributed by atoms with Crippen molar-refractivity contribution in [1.29, 1.82) is 0 Å². The zero-order chi connectivity index (χ0) is 15.6. The summed E-state index contributed by atoms with van der Waals surface area (Å²) in [5, 5.41) is 18.6. The number of aliphatic hydroxyl groups is 1. The zero-order valence-corrected chi connectivity index (χ0v) is 12.1. The van der Waals surface area contributed by atoms with Crippen LogP contribution < -0.4 is 9.64 Å². The first kappa shape index (κ1) is 15.3. The Hall–Kier alpha value is -2.08. The van der Waals surface area contributed by atoms with Crippen molar-refractivity contribution in [2.75, 3.05) is 4.90 Å². The van der Waals surface area contributed by atoms with Gasteiger partial charge in [0.1, 0.15) is 11.8 Å². The van der Waals surface area contributed by atoms with E-state index in [9.17, 15) is 19.8 Å². The highest BCUT2D eigenvalue weighted by Crippen LogP contribution is 2.37. The number of benzene rings is 1. The van der Waals surface area contributed by atoms with Gasteiger partial charge in [-0.2, -0.15) is 0 Å². The second-order valence-corrected chi connectivity index (χ2v) is 4.95. The number of hydrogen-bond donors (Lipinski definition) is 2. The Balaban J connectivity index is 2.55. The van der Waals surface area contributed by atoms with Gasteiger partial charge in [-0.05, 0) is 30.5 Å². The molecule has 6 heteroatoms. The number of ether oxygens (including phenoxy) is 1. The van der Waals surface area contributed by atoms with Gasteiger partial charge < -0.3 is 14.9 Å². The van der Waals surface area contributed by atoms with Gasteiger partial charge in [-0.15, -0.1) is 0 Å². The summed E-state index contributed by atoms with van der Waals surface area (Å²) >= 11 is 0. The fourth-order valence-electron chi connectivity index (χ4n) is 2.47. The van der Waals surface area contributed by atoms with Gasteiger partial charge in [-0.3, -0.25) is 9.69 Å². The average Bonchev–Trinajstić information content (AvgIpc) is 2.48. The van der Waals surface area contributed by atoms with Crippen molar-refractivity contribution in [3.8, 4) is 5.75 Å². The fraction of sp³-hybridized carbons (Fsp3) is 0.467. The molecule has 0 radical (unpaired) electrons. The lowest BCUT2D eigenvalue weighted by Gasteiger charge is -2.37. The summed E-state index contributed by atoms with van der Waals surface area (Å²) in [5.41, 5.74) is 1.01. The highest BCUT2D eigenvalue weighted by molar-refractivity contribution is 6.04. The van der Waals surface area contributed by atoms with Crippen LogP contribution in [0.2, 0.25) is 0 Å². The van der Waals surface area contributed by atoms with E-state index in [-0.39, 0.29) is 12.5 Å². The zero-order valence-electron chi connectivity index (χ0n) is 12.1. The first-order valence-electron chi connectivity index (χ1n) is 6.99. The smallest absolute Gasteiger partial charge is 0.326 e. The van der Waals surface area contributed by atoms with Gasteiger partial charge in [0.2, 0.25) is 0 Å². The van der Waals surface area contributed by atoms with Crippen LogP contribution in [0.25, 0.3) is 0 Å². The first-order chi connectivity index (χ1) is 10.0. The number of fused-ring (bicyclic) bond motifs is 1. The van der Waals surface area contributed by atoms with Gasteiger partial charge >= 0.3 is 5.97 Å². The van der Waals surface area contributed by atoms with Gasteiger partial charge in [-0.25, -0.2) is 4.79 Å². The Labute approximate surface area is 122 Å². The Morgan fingerprint density at radius 2 is 2.14 bits per heavy atom. The van der Waals surface area contributed by atoms with E-state index in [0.29, 0.717) is 29.8 Å². The molecule has 0 aromatic heterocycles. The van der Waals surface area contributed by atoms with E-state index >= 15 is 0 Å². The van der Waals surface area contributed by atoms with Crippen LogP contribution in [0.4, 0.5) is 5.69 Å². The summed E-state index contributed by atoms with van der Waals surface area (Å²) in [4.78, 5) is 25.2. The molecule has 1 aliphatic heterocycles. The summed E-state index contributed by atoms with van der Waals surface area (Å²) in [6.45, 7) is 3.35. The minimum Gasteiger partial charge on any atom is -0.480 e. The van der Waals surface area contributed by atoms with Crippen LogP contribution in [0.1, 0.15) is 32.3 Å². The van der Waals surface area contributed by atoms with E-state index in [4.69, 9.17) is 4.74 Å². The standard InChI is InChI=1S/C15H19NO5/c1-3-10(15(19)20)16-11-7-9(8-17)5-6-13(11)21-12(4-2)14(16)18/h5-7,10,12,17H,3-4,8H2,1-2H3,(H,19,20). The molecule has 0 saturated heterocycles. The molecule has 1 aromatic carbocycles. The van der Waals surface area contributed by atoms with Crippen LogP contribution in [0, 0.1) is 0 Å². The Bertz CT molecular complexity index is 557. The largest absolute Gasteiger partial charge is 0.480 e. The second-order valence-electron chi connectivity index (χ2n) is 4.95. The number of nitrogens with zero attached hydrogens (tertiary/aromatic N) is 1. The maximum Gasteiger partial charge on any atom is 0.326 e. The average molecular weight is 293 g/mol. The number of aliphatic hydroxyl groups excluding tert-OH is 1. The number of carboxylic acid groups (broad SMARTS) is 1. The number of aliphatic carboxylic acids is 1. The van der Waals surface area contributed by atoms with E-state index < -0.39 is 18.1 Å². The summed E-state index contributed by atoms with van der Waals surface area (Å²) < 4.78 is 5.63. The molecule has 1 amide bonds. The maximum absolute atomic E-state index is 12.5. The second kappa shape index (κ2) is 6.13. The number of carbonyl (C=O) groups excluding carboxylic acids is 1. The molecule has 0 fully saturated rings. The third kappa shape index (κ3) is 2.71. The lowest BCUT2D eigenvalue weighted by atomic mass is 10.0. The van der Waals surface area contributed by atoms with Crippen molar-refractivity contribution in [3.63, 3.8) is 0 Å². The fourth-order valence-corrected chi connectivity index (χ4v) is 2.47. The van der Waals surface area contributed by atoms with E-state index in [1.807, 2.05) is 6.92 Å². The predicted molar refractivity (Wildman–Crippen MR) is 76.3 cm³/mol. The first-order valence-corrected chi connectivity index (χ1v) is 6.99. The highest BCUT2D eigenvalue weighted by Gasteiger charge is 2.39. The molecule has 0 saturated carbocycles. The van der Waals surface area contributed by atoms with Crippen molar-refractivity contribution in [3.05, 3.63) is 23.8 Å². The molecular formula is C15H19NO5. The normalized spacial score (nSPS) is 18.9. The van der Waals surface area contributed by atoms with Crippen molar-refractivity contribution in [2.45, 2.75) is 45.4 Å². The number of carboxylic acids is 1. The van der Waals surface area contributed by atoms with Crippen molar-refractivity contribution < 1.29 is 24.5 Å². The number of rotatable bonds is 5. The Morgan fingerprint density at radius 3 is 2.67 bits per heavy atom. The third-order valence-corrected chi connectivity index (χ3v) is 3.60. The van der Waals surface area contributed by atoms with Crippen molar-refractivity contribution in [2.24, 2.45) is 0 Å². The number of carbonyl (C=O) groups is 2. The number of anilines is 1. The van der Waals surface area contributed by atoms with Gasteiger partial charge in [0.25, 0.3) is 5.91 Å². The maximum atomic E-state index is 12.5. The molecule has 1 heterocycles. The lowest BCUT2D eigenvalue weighted by molar-refractivity contribution is -0.141. The van der Waals surface area contributed by atoms with Crippen LogP contribution in [-0.2, 0) is 16.2 Å². The summed E-state index contributed by atoms with van der Waals surface area (Å²) in [5.74, 6) is -0.935. The van der Waals surface area contributed by atoms with Gasteiger partial charge in [0, 0.05) is 0 Å². The third-order valence-electron chi connectivity index (χ3n) is 3.60. The lowest BCUT2D eigenvalue weighted by Crippen LogP contribution is -2.53. The van der Waals surface area contributed by atoms with Crippen LogP contribution in [0.15, 0.2) is 18.2 Å². The van der Waals surface area contributed by atoms with Gasteiger partial charge in [0.15, 0.2) is 6.10 Å². The van der Waals surface area contributed by atoms with Crippen LogP contribution in [-0.4, -0.2) is 34.2 Å². The molecule has 6 nitrogen and oxygen atoms in total. The topological polar surface area (TPSA) is 87.1 Å². The Kier molecular flexibility index (Phi) is 4.47. The quantitative estimate of drug-likeness (QED) is 0.860. The van der Waals surface area contributed by atoms with Gasteiger partial charge in [-0.1, -0.05) is 19.9 Å². The Morgan fingerprint density at radius 1 is 1.43 bits per heavy atom. The van der Waals surface area contributed by atoms with E-state index in [2.05, 4.69) is 0 Å². The molecule has 0 aliphatic carbocycles. The van der Waals surface area contributed by atoms with E-state index in [1.165, 1.54) is 4.90 Å². The van der Waals surface area contributed by atoms with Crippen LogP contribution in [0.3, 0.4) is 0 Å². The van der Waals surface area contributed by atoms with Crippen molar-refractivity contribution in [1.82, 2.24) is 0 Å². The summed E-state index contributed by atoms with van der Waals surface area (Å²) in [7, 11) is 0. The highest BCUT2D eigenvalue weighted by atomic mass is 16.5. The van der Waals surface area contributed by atoms with Crippen LogP contribution in [0.5, 0.6) is 5.75 Å². The minimum absolute atomic E-state index is 0.184.